The third kappa shape index (κ3) is 15.0. The maximum Gasteiger partial charge on any atom is 0.336 e. The summed E-state index contributed by atoms with van der Waals surface area (Å²) < 4.78 is 18.6. The zero-order valence-electron chi connectivity index (χ0n) is 33.0. The van der Waals surface area contributed by atoms with Gasteiger partial charge in [-0.3, -0.25) is 14.4 Å². The SMILES string of the molecule is CCC(SC(C)(C)CC)C(=O)OCCn1c(=O)n(CCOC(=O)C(CC)SC(C)(C)CC)c(=O)n(CCOC(=O)C(CC)SC(C)(C)CC)c1=O. The smallest absolute Gasteiger partial charge is 0.336 e. The molecular formula is C36H63N3O9S3. The summed E-state index contributed by atoms with van der Waals surface area (Å²) in [6.07, 6.45) is 4.19. The number of nitrogens with zero attached hydrogens (tertiary/aromatic N) is 3. The quantitative estimate of drug-likeness (QED) is 0.0910. The normalized spacial score (nSPS) is 14.1. The molecule has 0 radical (unpaired) electrons. The lowest BCUT2D eigenvalue weighted by Gasteiger charge is -2.26. The van der Waals surface area contributed by atoms with Crippen LogP contribution in [0.3, 0.4) is 0 Å². The van der Waals surface area contributed by atoms with Crippen LogP contribution in [0.15, 0.2) is 14.4 Å². The van der Waals surface area contributed by atoms with E-state index in [1.165, 1.54) is 35.3 Å². The van der Waals surface area contributed by atoms with Gasteiger partial charge in [0.15, 0.2) is 0 Å². The number of hydrogen-bond acceptors (Lipinski definition) is 12. The van der Waals surface area contributed by atoms with Crippen LogP contribution in [0.25, 0.3) is 0 Å². The van der Waals surface area contributed by atoms with Gasteiger partial charge in [0.2, 0.25) is 0 Å². The summed E-state index contributed by atoms with van der Waals surface area (Å²) in [6, 6.07) is 0. The van der Waals surface area contributed by atoms with Crippen molar-refractivity contribution in [3.05, 3.63) is 31.5 Å². The molecule has 0 aromatic carbocycles. The second-order valence-corrected chi connectivity index (χ2v) is 19.9. The number of thioether (sulfide) groups is 3. The van der Waals surface area contributed by atoms with Crippen molar-refractivity contribution in [3.63, 3.8) is 0 Å². The molecule has 0 saturated carbocycles. The van der Waals surface area contributed by atoms with E-state index < -0.39 is 50.7 Å². The van der Waals surface area contributed by atoms with Crippen LogP contribution in [-0.4, -0.2) is 81.4 Å². The average molecular weight is 778 g/mol. The molecule has 1 aromatic heterocycles. The zero-order valence-corrected chi connectivity index (χ0v) is 35.4. The largest absolute Gasteiger partial charge is 0.463 e. The van der Waals surface area contributed by atoms with Crippen molar-refractivity contribution in [2.24, 2.45) is 0 Å². The third-order valence-corrected chi connectivity index (χ3v) is 14.1. The minimum absolute atomic E-state index is 0.142. The first-order valence-electron chi connectivity index (χ1n) is 18.2. The Balaban J connectivity index is 3.32. The predicted octanol–water partition coefficient (Wildman–Crippen LogP) is 5.90. The Morgan fingerprint density at radius 2 is 0.706 bits per heavy atom. The van der Waals surface area contributed by atoms with Gasteiger partial charge in [-0.25, -0.2) is 28.1 Å². The molecule has 0 aliphatic heterocycles. The van der Waals surface area contributed by atoms with Gasteiger partial charge in [-0.05, 0) is 38.5 Å². The van der Waals surface area contributed by atoms with Crippen LogP contribution in [0.5, 0.6) is 0 Å². The number of rotatable bonds is 24. The van der Waals surface area contributed by atoms with E-state index in [4.69, 9.17) is 14.2 Å². The van der Waals surface area contributed by atoms with Gasteiger partial charge in [0.25, 0.3) is 0 Å². The number of carbonyl (C=O) groups is 3. The number of ether oxygens (including phenoxy) is 3. The molecule has 0 saturated heterocycles. The Labute approximate surface area is 316 Å². The van der Waals surface area contributed by atoms with E-state index in [-0.39, 0.29) is 53.7 Å². The van der Waals surface area contributed by atoms with Crippen molar-refractivity contribution in [3.8, 4) is 0 Å². The van der Waals surface area contributed by atoms with E-state index in [2.05, 4.69) is 0 Å². The molecule has 0 bridgehead atoms. The zero-order chi connectivity index (χ0) is 39.2. The summed E-state index contributed by atoms with van der Waals surface area (Å²) in [7, 11) is 0. The molecule has 1 aromatic rings. The second kappa shape index (κ2) is 21.5. The molecule has 12 nitrogen and oxygen atoms in total. The fraction of sp³-hybridized carbons (Fsp3) is 0.833. The third-order valence-electron chi connectivity index (χ3n) is 8.90. The van der Waals surface area contributed by atoms with Gasteiger partial charge in [-0.15, -0.1) is 35.3 Å². The highest BCUT2D eigenvalue weighted by Crippen LogP contribution is 2.35. The molecule has 0 aliphatic rings. The standard InChI is InChI=1S/C36H63N3O9S3/c1-13-25(49-34(7,8)16-4)28(40)46-22-19-37-31(43)38(20-23-47-29(41)26(14-2)50-35(9,10)17-5)33(45)39(32(37)44)21-24-48-30(42)27(15-3)51-36(11,12)18-6/h25-27H,13-24H2,1-12H3. The van der Waals surface area contributed by atoms with Crippen LogP contribution in [0.2, 0.25) is 0 Å². The van der Waals surface area contributed by atoms with E-state index in [9.17, 15) is 28.8 Å². The second-order valence-electron chi connectivity index (χ2n) is 14.2. The topological polar surface area (TPSA) is 145 Å². The lowest BCUT2D eigenvalue weighted by Crippen LogP contribution is -2.55. The summed E-state index contributed by atoms with van der Waals surface area (Å²) in [5.74, 6) is -1.35. The number of esters is 3. The lowest BCUT2D eigenvalue weighted by molar-refractivity contribution is -0.144. The highest BCUT2D eigenvalue weighted by molar-refractivity contribution is 8.02. The first-order chi connectivity index (χ1) is 23.7. The summed E-state index contributed by atoms with van der Waals surface area (Å²) in [4.78, 5) is 79.4. The number of aromatic nitrogens is 3. The van der Waals surface area contributed by atoms with Gasteiger partial charge in [0.1, 0.15) is 35.6 Å². The fourth-order valence-electron chi connectivity index (χ4n) is 4.55. The molecule has 294 valence electrons. The molecular weight excluding hydrogens is 715 g/mol. The molecule has 3 unspecified atom stereocenters. The maximum atomic E-state index is 13.6. The molecule has 0 aliphatic carbocycles. The maximum absolute atomic E-state index is 13.6. The van der Waals surface area contributed by atoms with Crippen molar-refractivity contribution in [1.29, 1.82) is 0 Å². The first kappa shape index (κ1) is 46.9. The molecule has 0 spiro atoms. The minimum atomic E-state index is -0.920. The van der Waals surface area contributed by atoms with Crippen LogP contribution in [-0.2, 0) is 48.2 Å². The Morgan fingerprint density at radius 1 is 0.490 bits per heavy atom. The van der Waals surface area contributed by atoms with Crippen molar-refractivity contribution in [2.45, 2.75) is 171 Å². The fourth-order valence-corrected chi connectivity index (χ4v) is 8.35. The van der Waals surface area contributed by atoms with Gasteiger partial charge in [0.05, 0.1) is 19.6 Å². The molecule has 51 heavy (non-hydrogen) atoms. The van der Waals surface area contributed by atoms with Crippen LogP contribution in [0.1, 0.15) is 122 Å². The summed E-state index contributed by atoms with van der Waals surface area (Å²) in [5, 5.41) is -1.27. The summed E-state index contributed by atoms with van der Waals surface area (Å²) >= 11 is 4.54. The molecule has 0 fully saturated rings. The van der Waals surface area contributed by atoms with Crippen LogP contribution in [0.4, 0.5) is 0 Å². The Kier molecular flexibility index (Phi) is 19.8. The lowest BCUT2D eigenvalue weighted by atomic mass is 10.1. The van der Waals surface area contributed by atoms with E-state index in [0.717, 1.165) is 33.0 Å². The predicted molar refractivity (Wildman–Crippen MR) is 210 cm³/mol. The van der Waals surface area contributed by atoms with E-state index in [1.807, 2.05) is 83.1 Å². The monoisotopic (exact) mass is 777 g/mol. The van der Waals surface area contributed by atoms with Gasteiger partial charge in [0, 0.05) is 14.2 Å². The van der Waals surface area contributed by atoms with Crippen molar-refractivity contribution >= 4 is 53.2 Å². The molecule has 3 atom stereocenters. The molecule has 0 N–H and O–H groups in total. The average Bonchev–Trinajstić information content (AvgIpc) is 3.09. The van der Waals surface area contributed by atoms with Crippen LogP contribution in [0, 0.1) is 0 Å². The Morgan fingerprint density at radius 3 is 0.882 bits per heavy atom. The van der Waals surface area contributed by atoms with Crippen molar-refractivity contribution < 1.29 is 28.6 Å². The van der Waals surface area contributed by atoms with Gasteiger partial charge in [-0.1, -0.05) is 83.1 Å². The number of hydrogen-bond donors (Lipinski definition) is 0. The van der Waals surface area contributed by atoms with Crippen molar-refractivity contribution in [2.75, 3.05) is 19.8 Å². The van der Waals surface area contributed by atoms with Gasteiger partial charge >= 0.3 is 35.0 Å². The van der Waals surface area contributed by atoms with Crippen LogP contribution < -0.4 is 17.1 Å². The van der Waals surface area contributed by atoms with Gasteiger partial charge in [-0.2, -0.15) is 0 Å². The minimum Gasteiger partial charge on any atom is -0.463 e. The van der Waals surface area contributed by atoms with E-state index >= 15 is 0 Å². The highest BCUT2D eigenvalue weighted by atomic mass is 32.2. The molecule has 15 heteroatoms. The Bertz CT molecular complexity index is 1260. The van der Waals surface area contributed by atoms with E-state index in [1.54, 1.807) is 0 Å². The molecule has 0 amide bonds. The van der Waals surface area contributed by atoms with Crippen LogP contribution >= 0.6 is 35.3 Å². The van der Waals surface area contributed by atoms with Crippen molar-refractivity contribution in [1.82, 2.24) is 13.7 Å². The van der Waals surface area contributed by atoms with E-state index in [0.29, 0.717) is 19.3 Å². The molecule has 1 heterocycles. The molecule has 1 rings (SSSR count). The summed E-state index contributed by atoms with van der Waals surface area (Å²) in [5.41, 5.74) is -2.76. The first-order valence-corrected chi connectivity index (χ1v) is 20.8. The number of carbonyl (C=O) groups excluding carboxylic acids is 3. The van der Waals surface area contributed by atoms with Gasteiger partial charge < -0.3 is 14.2 Å². The Hall–Kier alpha value is -2.13. The summed E-state index contributed by atoms with van der Waals surface area (Å²) in [6.45, 7) is 22.4. The highest BCUT2D eigenvalue weighted by Gasteiger charge is 2.30.